The third-order valence-corrected chi connectivity index (χ3v) is 6.39. The van der Waals surface area contributed by atoms with Gasteiger partial charge in [0.2, 0.25) is 10.0 Å². The van der Waals surface area contributed by atoms with Gasteiger partial charge in [-0.1, -0.05) is 24.3 Å². The Morgan fingerprint density at radius 3 is 2.39 bits per heavy atom. The van der Waals surface area contributed by atoms with E-state index in [2.05, 4.69) is 32.2 Å². The predicted molar refractivity (Wildman–Crippen MR) is 137 cm³/mol. The van der Waals surface area contributed by atoms with Crippen LogP contribution in [0.25, 0.3) is 0 Å². The van der Waals surface area contributed by atoms with Crippen molar-refractivity contribution in [3.8, 4) is 0 Å². The van der Waals surface area contributed by atoms with Gasteiger partial charge >= 0.3 is 0 Å². The van der Waals surface area contributed by atoms with Crippen LogP contribution < -0.4 is 15.4 Å². The van der Waals surface area contributed by atoms with Gasteiger partial charge in [-0.2, -0.15) is 0 Å². The van der Waals surface area contributed by atoms with Crippen LogP contribution in [0.3, 0.4) is 0 Å². The monoisotopic (exact) mass is 567 g/mol. The van der Waals surface area contributed by atoms with Gasteiger partial charge in [0.05, 0.1) is 25.5 Å². The van der Waals surface area contributed by atoms with E-state index >= 15 is 0 Å². The molecule has 0 saturated carbocycles. The maximum absolute atomic E-state index is 12.3. The van der Waals surface area contributed by atoms with Gasteiger partial charge in [0.25, 0.3) is 0 Å². The molecular formula is C21H38IN5O3S. The lowest BCUT2D eigenvalue weighted by molar-refractivity contribution is 0.0211. The Morgan fingerprint density at radius 1 is 1.13 bits per heavy atom. The van der Waals surface area contributed by atoms with Crippen LogP contribution in [0.15, 0.2) is 29.3 Å². The first-order chi connectivity index (χ1) is 14.3. The van der Waals surface area contributed by atoms with Crippen LogP contribution in [0.1, 0.15) is 38.8 Å². The number of sulfonamides is 1. The zero-order valence-corrected chi connectivity index (χ0v) is 22.2. The van der Waals surface area contributed by atoms with Crippen molar-refractivity contribution in [3.05, 3.63) is 35.4 Å². The zero-order valence-electron chi connectivity index (χ0n) is 19.1. The van der Waals surface area contributed by atoms with E-state index < -0.39 is 10.0 Å². The minimum Gasteiger partial charge on any atom is -0.379 e. The van der Waals surface area contributed by atoms with Gasteiger partial charge in [-0.05, 0) is 38.8 Å². The number of halogens is 1. The van der Waals surface area contributed by atoms with Gasteiger partial charge < -0.3 is 15.4 Å². The highest BCUT2D eigenvalue weighted by molar-refractivity contribution is 14.0. The Labute approximate surface area is 204 Å². The molecule has 3 N–H and O–H groups in total. The van der Waals surface area contributed by atoms with Crippen molar-refractivity contribution in [2.24, 2.45) is 4.99 Å². The zero-order chi connectivity index (χ0) is 22.0. The Hall–Kier alpha value is -0.950. The van der Waals surface area contributed by atoms with E-state index in [4.69, 9.17) is 4.74 Å². The molecular weight excluding hydrogens is 529 g/mol. The molecule has 1 heterocycles. The molecule has 0 aromatic heterocycles. The second kappa shape index (κ2) is 14.2. The smallest absolute Gasteiger partial charge is 0.216 e. The Kier molecular flexibility index (Phi) is 12.9. The fraction of sp³-hybridized carbons (Fsp3) is 0.667. The summed E-state index contributed by atoms with van der Waals surface area (Å²) in [5.74, 6) is 0.685. The first-order valence-corrected chi connectivity index (χ1v) is 12.4. The van der Waals surface area contributed by atoms with Crippen molar-refractivity contribution in [2.75, 3.05) is 39.4 Å². The number of benzene rings is 1. The van der Waals surface area contributed by atoms with Gasteiger partial charge in [-0.25, -0.2) is 18.1 Å². The van der Waals surface area contributed by atoms with Crippen LogP contribution in [0.5, 0.6) is 0 Å². The highest BCUT2D eigenvalue weighted by atomic mass is 127. The third-order valence-electron chi connectivity index (χ3n) is 4.86. The predicted octanol–water partition coefficient (Wildman–Crippen LogP) is 1.91. The second-order valence-corrected chi connectivity index (χ2v) is 9.63. The summed E-state index contributed by atoms with van der Waals surface area (Å²) in [6.07, 6.45) is 0. The number of nitrogens with zero attached hydrogens (tertiary/aromatic N) is 2. The maximum atomic E-state index is 12.3. The first kappa shape index (κ1) is 28.1. The lowest BCUT2D eigenvalue weighted by atomic mass is 10.1. The summed E-state index contributed by atoms with van der Waals surface area (Å²) in [7, 11) is -3.38. The summed E-state index contributed by atoms with van der Waals surface area (Å²) >= 11 is 0. The average Bonchev–Trinajstić information content (AvgIpc) is 2.70. The highest BCUT2D eigenvalue weighted by Gasteiger charge is 2.17. The van der Waals surface area contributed by atoms with Crippen LogP contribution in [0.4, 0.5) is 0 Å². The molecule has 1 aromatic rings. The van der Waals surface area contributed by atoms with Crippen molar-refractivity contribution in [1.29, 1.82) is 0 Å². The molecule has 1 aliphatic rings. The fourth-order valence-corrected chi connectivity index (χ4v) is 4.85. The number of ether oxygens (including phenoxy) is 1. The number of rotatable bonds is 10. The molecule has 1 fully saturated rings. The number of hydrogen-bond donors (Lipinski definition) is 3. The SMILES string of the molecule is CCNC(=NCc1ccccc1CS(=O)(=O)NC(C)C)NCC(C)N1CCOCC1.I. The lowest BCUT2D eigenvalue weighted by Crippen LogP contribution is -2.49. The van der Waals surface area contributed by atoms with Crippen molar-refractivity contribution in [3.63, 3.8) is 0 Å². The van der Waals surface area contributed by atoms with Crippen molar-refractivity contribution in [1.82, 2.24) is 20.3 Å². The lowest BCUT2D eigenvalue weighted by Gasteiger charge is -2.32. The number of aliphatic imine (C=N–C) groups is 1. The largest absolute Gasteiger partial charge is 0.379 e. The summed E-state index contributed by atoms with van der Waals surface area (Å²) in [5, 5.41) is 6.68. The van der Waals surface area contributed by atoms with E-state index in [-0.39, 0.29) is 35.8 Å². The summed E-state index contributed by atoms with van der Waals surface area (Å²) in [4.78, 5) is 7.09. The summed E-state index contributed by atoms with van der Waals surface area (Å²) < 4.78 is 32.8. The average molecular weight is 568 g/mol. The Bertz CT molecular complexity index is 783. The van der Waals surface area contributed by atoms with E-state index in [9.17, 15) is 8.42 Å². The summed E-state index contributed by atoms with van der Waals surface area (Å²) in [6.45, 7) is 13.3. The van der Waals surface area contributed by atoms with E-state index in [1.165, 1.54) is 0 Å². The number of nitrogens with one attached hydrogen (secondary N) is 3. The van der Waals surface area contributed by atoms with E-state index in [1.807, 2.05) is 45.0 Å². The molecule has 8 nitrogen and oxygen atoms in total. The summed E-state index contributed by atoms with van der Waals surface area (Å²) in [6, 6.07) is 7.81. The van der Waals surface area contributed by atoms with Gasteiger partial charge in [-0.15, -0.1) is 24.0 Å². The molecule has 0 bridgehead atoms. The molecule has 0 amide bonds. The molecule has 2 rings (SSSR count). The van der Waals surface area contributed by atoms with Crippen molar-refractivity contribution in [2.45, 2.75) is 52.1 Å². The van der Waals surface area contributed by atoms with Crippen LogP contribution in [0, 0.1) is 0 Å². The fourth-order valence-electron chi connectivity index (χ4n) is 3.36. The van der Waals surface area contributed by atoms with E-state index in [0.717, 1.165) is 56.5 Å². The van der Waals surface area contributed by atoms with Crippen LogP contribution in [-0.2, 0) is 27.1 Å². The molecule has 1 aliphatic heterocycles. The normalized spacial score (nSPS) is 16.6. The van der Waals surface area contributed by atoms with E-state index in [0.29, 0.717) is 12.6 Å². The van der Waals surface area contributed by atoms with Crippen LogP contribution in [0.2, 0.25) is 0 Å². The maximum Gasteiger partial charge on any atom is 0.216 e. The molecule has 31 heavy (non-hydrogen) atoms. The van der Waals surface area contributed by atoms with E-state index in [1.54, 1.807) is 0 Å². The molecule has 1 saturated heterocycles. The minimum absolute atomic E-state index is 0. The highest BCUT2D eigenvalue weighted by Crippen LogP contribution is 2.14. The van der Waals surface area contributed by atoms with Gasteiger partial charge in [0, 0.05) is 38.3 Å². The standard InChI is InChI=1S/C21H37N5O3S.HI/c1-5-22-21(23-14-18(4)26-10-12-29-13-11-26)24-15-19-8-6-7-9-20(19)16-30(27,28)25-17(2)3;/h6-9,17-18,25H,5,10-16H2,1-4H3,(H2,22,23,24);1H. The topological polar surface area (TPSA) is 95.1 Å². The van der Waals surface area contributed by atoms with Crippen LogP contribution >= 0.6 is 24.0 Å². The first-order valence-electron chi connectivity index (χ1n) is 10.7. The van der Waals surface area contributed by atoms with Gasteiger partial charge in [0.15, 0.2) is 5.96 Å². The second-order valence-electron chi connectivity index (χ2n) is 7.87. The third kappa shape index (κ3) is 10.5. The molecule has 1 unspecified atom stereocenters. The van der Waals surface area contributed by atoms with Gasteiger partial charge in [-0.3, -0.25) is 4.90 Å². The molecule has 1 aromatic carbocycles. The Balaban J connectivity index is 0.00000480. The minimum atomic E-state index is -3.38. The molecule has 10 heteroatoms. The molecule has 0 radical (unpaired) electrons. The molecule has 1 atom stereocenters. The molecule has 0 spiro atoms. The molecule has 178 valence electrons. The number of guanidine groups is 1. The quantitative estimate of drug-likeness (QED) is 0.227. The molecule has 0 aliphatic carbocycles. The van der Waals surface area contributed by atoms with Crippen molar-refractivity contribution < 1.29 is 13.2 Å². The van der Waals surface area contributed by atoms with Crippen LogP contribution in [-0.4, -0.2) is 70.8 Å². The van der Waals surface area contributed by atoms with Crippen molar-refractivity contribution >= 4 is 40.0 Å². The number of hydrogen-bond acceptors (Lipinski definition) is 5. The summed E-state index contributed by atoms with van der Waals surface area (Å²) in [5.41, 5.74) is 1.68. The Morgan fingerprint density at radius 2 is 1.77 bits per heavy atom. The number of morpholine rings is 1. The van der Waals surface area contributed by atoms with Gasteiger partial charge in [0.1, 0.15) is 0 Å².